The summed E-state index contributed by atoms with van der Waals surface area (Å²) >= 11 is 0. The van der Waals surface area contributed by atoms with Crippen molar-refractivity contribution in [3.63, 3.8) is 0 Å². The highest BCUT2D eigenvalue weighted by Crippen LogP contribution is 2.35. The first kappa shape index (κ1) is 46.4. The van der Waals surface area contributed by atoms with Crippen LogP contribution >= 0.6 is 0 Å². The first-order valence-corrected chi connectivity index (χ1v) is 25.5. The van der Waals surface area contributed by atoms with E-state index in [1.165, 1.54) is 0 Å². The molecule has 4 saturated heterocycles. The molecule has 71 heavy (non-hydrogen) atoms. The summed E-state index contributed by atoms with van der Waals surface area (Å²) in [5.41, 5.74) is 7.55. The zero-order chi connectivity index (χ0) is 48.6. The molecule has 11 rings (SSSR count). The van der Waals surface area contributed by atoms with Gasteiger partial charge in [-0.15, -0.1) is 0 Å². The van der Waals surface area contributed by atoms with Crippen LogP contribution < -0.4 is 30.9 Å². The number of piperidine rings is 4. The number of fused-ring (bicyclic) bond motifs is 3. The predicted octanol–water partition coefficient (Wildman–Crippen LogP) is 6.65. The van der Waals surface area contributed by atoms with Crippen LogP contribution in [0.1, 0.15) is 103 Å². The molecule has 5 aliphatic rings. The van der Waals surface area contributed by atoms with E-state index in [-0.39, 0.29) is 30.8 Å². The zero-order valence-corrected chi connectivity index (χ0v) is 40.5. The normalized spacial score (nSPS) is 20.5. The molecule has 0 saturated carbocycles. The number of carbonyl (C=O) groups is 4. The minimum absolute atomic E-state index is 0.0227. The number of aromatic nitrogens is 5. The lowest BCUT2D eigenvalue weighted by Crippen LogP contribution is -2.54. The van der Waals surface area contributed by atoms with E-state index in [0.717, 1.165) is 146 Å². The molecule has 2 atom stereocenters. The Morgan fingerprint density at radius 1 is 0.817 bits per heavy atom. The first-order chi connectivity index (χ1) is 34.6. The smallest absolute Gasteiger partial charge is 0.322 e. The summed E-state index contributed by atoms with van der Waals surface area (Å²) in [4.78, 5) is 71.4. The van der Waals surface area contributed by atoms with Crippen LogP contribution in [0.25, 0.3) is 27.7 Å². The Morgan fingerprint density at radius 2 is 1.63 bits per heavy atom. The first-order valence-electron chi connectivity index (χ1n) is 25.5. The summed E-state index contributed by atoms with van der Waals surface area (Å²) in [6.45, 7) is 12.5. The van der Waals surface area contributed by atoms with Gasteiger partial charge in [-0.2, -0.15) is 19.6 Å². The molecule has 17 nitrogen and oxygen atoms in total. The van der Waals surface area contributed by atoms with Gasteiger partial charge in [-0.3, -0.25) is 34.4 Å². The van der Waals surface area contributed by atoms with E-state index in [4.69, 9.17) is 19.7 Å². The van der Waals surface area contributed by atoms with Crippen LogP contribution in [0.3, 0.4) is 0 Å². The molecule has 0 spiro atoms. The minimum atomic E-state index is -0.963. The van der Waals surface area contributed by atoms with Crippen LogP contribution in [0.5, 0.6) is 6.01 Å². The molecule has 4 amide bonds. The van der Waals surface area contributed by atoms with E-state index in [1.54, 1.807) is 16.6 Å². The molecule has 0 bridgehead atoms. The standard InChI is InChI=1S/C54H62N12O5/c1-33(2)45-31-59-66-49(45)61-54(71-40-7-5-20-55-30-40)62-53(66)58-29-37-6-3-4-8-41(37)48-42-11-9-38(26-36(42)15-21-56-48)57-28-34-16-22-63(23-17-34)32-35-18-24-64(25-19-35)39-10-12-43-44(27-39)52(70)65(51(43)69)46-13-14-47(67)60-50(46)68/h3-4,6,8-12,15,21,26-27,31,33-35,40,46,55,57H,5,7,13-14,16-20,22-25,28-30,32H2,1-2H3,(H,58,61,62)(H,60,67,68)/t40-,46?/m1/s1. The third kappa shape index (κ3) is 9.64. The quantitative estimate of drug-likeness (QED) is 0.0849. The number of benzene rings is 3. The largest absolute Gasteiger partial charge is 0.459 e. The average Bonchev–Trinajstić information content (AvgIpc) is 3.93. The Labute approximate surface area is 413 Å². The highest BCUT2D eigenvalue weighted by atomic mass is 16.5. The number of anilines is 3. The third-order valence-corrected chi connectivity index (χ3v) is 15.2. The van der Waals surface area contributed by atoms with E-state index >= 15 is 0 Å². The van der Waals surface area contributed by atoms with Crippen molar-refractivity contribution in [3.8, 4) is 17.3 Å². The Kier molecular flexibility index (Phi) is 13.1. The number of likely N-dealkylation sites (tertiary alicyclic amines) is 1. The van der Waals surface area contributed by atoms with Gasteiger partial charge in [-0.25, -0.2) is 0 Å². The molecule has 17 heteroatoms. The third-order valence-electron chi connectivity index (χ3n) is 15.2. The lowest BCUT2D eigenvalue weighted by atomic mass is 9.92. The van der Waals surface area contributed by atoms with Gasteiger partial charge in [0.1, 0.15) is 12.1 Å². The molecular weight excluding hydrogens is 897 g/mol. The van der Waals surface area contributed by atoms with E-state index < -0.39 is 23.8 Å². The van der Waals surface area contributed by atoms with Crippen molar-refractivity contribution >= 4 is 57.4 Å². The van der Waals surface area contributed by atoms with Crippen LogP contribution in [0.15, 0.2) is 79.1 Å². The van der Waals surface area contributed by atoms with Gasteiger partial charge < -0.3 is 30.5 Å². The van der Waals surface area contributed by atoms with Crippen molar-refractivity contribution in [2.45, 2.75) is 89.8 Å². The fourth-order valence-corrected chi connectivity index (χ4v) is 11.1. The van der Waals surface area contributed by atoms with Gasteiger partial charge in [0.2, 0.25) is 17.8 Å². The van der Waals surface area contributed by atoms with E-state index in [0.29, 0.717) is 41.5 Å². The van der Waals surface area contributed by atoms with Crippen molar-refractivity contribution in [1.29, 1.82) is 0 Å². The lowest BCUT2D eigenvalue weighted by Gasteiger charge is -2.38. The van der Waals surface area contributed by atoms with Gasteiger partial charge in [0.15, 0.2) is 5.65 Å². The van der Waals surface area contributed by atoms with Gasteiger partial charge in [0, 0.05) is 79.8 Å². The fourth-order valence-electron chi connectivity index (χ4n) is 11.1. The molecule has 6 aromatic rings. The maximum Gasteiger partial charge on any atom is 0.322 e. The highest BCUT2D eigenvalue weighted by molar-refractivity contribution is 6.23. The SMILES string of the molecule is CC(C)c1cnn2c(NCc3ccccc3-c3nccc4cc(NCC5CCN(CC6CCN(c7ccc8c(c7)C(=O)N(C7CCC(=O)NC7=O)C8=O)CC6)CC5)ccc34)nc(O[C@@H]3CCCNC3)nc12. The molecule has 3 aromatic carbocycles. The molecule has 3 aromatic heterocycles. The molecule has 1 unspecified atom stereocenters. The van der Waals surface area contributed by atoms with Gasteiger partial charge in [-0.05, 0) is 130 Å². The van der Waals surface area contributed by atoms with Crippen LogP contribution in [0.4, 0.5) is 17.3 Å². The van der Waals surface area contributed by atoms with Crippen molar-refractivity contribution in [2.75, 3.05) is 67.9 Å². The summed E-state index contributed by atoms with van der Waals surface area (Å²) in [5, 5.41) is 19.9. The number of amides is 4. The molecule has 8 heterocycles. The van der Waals surface area contributed by atoms with Crippen LogP contribution in [0, 0.1) is 11.8 Å². The number of hydrogen-bond donors (Lipinski definition) is 4. The number of hydrogen-bond acceptors (Lipinski definition) is 14. The number of pyridine rings is 1. The Balaban J connectivity index is 0.672. The van der Waals surface area contributed by atoms with Gasteiger partial charge in [-0.1, -0.05) is 44.2 Å². The van der Waals surface area contributed by atoms with Gasteiger partial charge in [0.05, 0.1) is 23.0 Å². The summed E-state index contributed by atoms with van der Waals surface area (Å²) in [7, 11) is 0. The molecule has 5 aliphatic heterocycles. The van der Waals surface area contributed by atoms with Crippen molar-refractivity contribution in [2.24, 2.45) is 11.8 Å². The maximum absolute atomic E-state index is 13.4. The topological polar surface area (TPSA) is 191 Å². The Hall–Kier alpha value is -6.98. The molecule has 4 fully saturated rings. The Bertz CT molecular complexity index is 2990. The van der Waals surface area contributed by atoms with E-state index in [2.05, 4.69) is 98.5 Å². The lowest BCUT2D eigenvalue weighted by molar-refractivity contribution is -0.136. The molecular formula is C54H62N12O5. The summed E-state index contributed by atoms with van der Waals surface area (Å²) in [6, 6.07) is 21.9. The second kappa shape index (κ2) is 20.0. The number of ether oxygens (including phenoxy) is 1. The number of rotatable bonds is 14. The second-order valence-electron chi connectivity index (χ2n) is 20.2. The molecule has 0 aliphatic carbocycles. The van der Waals surface area contributed by atoms with Crippen molar-refractivity contribution < 1.29 is 23.9 Å². The van der Waals surface area contributed by atoms with Crippen LogP contribution in [-0.2, 0) is 16.1 Å². The fraction of sp³-hybridized carbons (Fsp3) is 0.444. The molecule has 0 radical (unpaired) electrons. The summed E-state index contributed by atoms with van der Waals surface area (Å²) in [5.74, 6) is 0.103. The number of carbonyl (C=O) groups excluding carboxylic acids is 4. The van der Waals surface area contributed by atoms with Gasteiger partial charge >= 0.3 is 6.01 Å². The summed E-state index contributed by atoms with van der Waals surface area (Å²) in [6.07, 6.45) is 10.5. The Morgan fingerprint density at radius 3 is 2.44 bits per heavy atom. The van der Waals surface area contributed by atoms with E-state index in [1.807, 2.05) is 18.5 Å². The predicted molar refractivity (Wildman–Crippen MR) is 272 cm³/mol. The minimum Gasteiger partial charge on any atom is -0.459 e. The zero-order valence-electron chi connectivity index (χ0n) is 40.5. The number of nitrogens with zero attached hydrogens (tertiary/aromatic N) is 8. The van der Waals surface area contributed by atoms with E-state index in [9.17, 15) is 19.2 Å². The monoisotopic (exact) mass is 958 g/mol. The molecule has 4 N–H and O–H groups in total. The van der Waals surface area contributed by atoms with Crippen molar-refractivity contribution in [1.82, 2.24) is 45.0 Å². The number of nitrogens with one attached hydrogen (secondary N) is 4. The van der Waals surface area contributed by atoms with Crippen LogP contribution in [-0.4, -0.2) is 122 Å². The highest BCUT2D eigenvalue weighted by Gasteiger charge is 2.45. The summed E-state index contributed by atoms with van der Waals surface area (Å²) < 4.78 is 8.11. The average molecular weight is 959 g/mol. The molecule has 368 valence electrons. The van der Waals surface area contributed by atoms with Crippen molar-refractivity contribution in [3.05, 3.63) is 101 Å². The number of imide groups is 2. The maximum atomic E-state index is 13.4. The van der Waals surface area contributed by atoms with Crippen LogP contribution in [0.2, 0.25) is 0 Å². The second-order valence-corrected chi connectivity index (χ2v) is 20.2. The van der Waals surface area contributed by atoms with Gasteiger partial charge in [0.25, 0.3) is 11.8 Å².